The van der Waals surface area contributed by atoms with Gasteiger partial charge in [0.2, 0.25) is 0 Å². The van der Waals surface area contributed by atoms with Crippen molar-refractivity contribution < 1.29 is 27.8 Å². The van der Waals surface area contributed by atoms with Gasteiger partial charge >= 0.3 is 0 Å². The molecule has 0 bridgehead atoms. The van der Waals surface area contributed by atoms with Gasteiger partial charge in [-0.2, -0.15) is 0 Å². The summed E-state index contributed by atoms with van der Waals surface area (Å²) in [7, 11) is 0. The van der Waals surface area contributed by atoms with E-state index in [1.165, 1.54) is 0 Å². The summed E-state index contributed by atoms with van der Waals surface area (Å²) in [6, 6.07) is 18.9. The Morgan fingerprint density at radius 2 is 1.47 bits per heavy atom. The van der Waals surface area contributed by atoms with Gasteiger partial charge in [0, 0.05) is 6.07 Å². The Morgan fingerprint density at radius 1 is 0.800 bits per heavy atom. The van der Waals surface area contributed by atoms with Gasteiger partial charge in [0.25, 0.3) is 11.8 Å². The molecule has 0 fully saturated rings. The van der Waals surface area contributed by atoms with Crippen LogP contribution in [-0.2, 0) is 11.4 Å². The van der Waals surface area contributed by atoms with Crippen LogP contribution in [0.5, 0.6) is 11.5 Å². The van der Waals surface area contributed by atoms with E-state index in [1.807, 2.05) is 35.8 Å². The lowest BCUT2D eigenvalue weighted by atomic mass is 10.2. The lowest BCUT2D eigenvalue weighted by molar-refractivity contribution is -0.123. The second-order valence-electron chi connectivity index (χ2n) is 6.16. The Balaban J connectivity index is 1.41. The molecule has 3 rings (SSSR count). The van der Waals surface area contributed by atoms with Gasteiger partial charge in [0.15, 0.2) is 6.61 Å². The SMILES string of the molecule is O=C(COc1ccc(OCc2ccccc2)cc1)NNC(=O)c1ccc(F)cc1F. The minimum Gasteiger partial charge on any atom is -0.489 e. The molecule has 0 radical (unpaired) electrons. The number of halogens is 2. The van der Waals surface area contributed by atoms with Crippen LogP contribution in [0.4, 0.5) is 8.78 Å². The summed E-state index contributed by atoms with van der Waals surface area (Å²) in [6.07, 6.45) is 0. The van der Waals surface area contributed by atoms with Crippen LogP contribution in [-0.4, -0.2) is 18.4 Å². The minimum atomic E-state index is -1.03. The summed E-state index contributed by atoms with van der Waals surface area (Å²) in [4.78, 5) is 23.6. The zero-order valence-corrected chi connectivity index (χ0v) is 15.7. The Bertz CT molecular complexity index is 1010. The Labute approximate surface area is 171 Å². The van der Waals surface area contributed by atoms with Gasteiger partial charge in [-0.3, -0.25) is 20.4 Å². The summed E-state index contributed by atoms with van der Waals surface area (Å²) in [5, 5.41) is 0. The van der Waals surface area contributed by atoms with E-state index < -0.39 is 29.0 Å². The molecule has 0 atom stereocenters. The van der Waals surface area contributed by atoms with E-state index in [0.29, 0.717) is 24.2 Å². The number of benzene rings is 3. The van der Waals surface area contributed by atoms with Crippen molar-refractivity contribution in [3.8, 4) is 11.5 Å². The number of hydrogen-bond acceptors (Lipinski definition) is 4. The molecule has 0 spiro atoms. The molecule has 6 nitrogen and oxygen atoms in total. The molecule has 3 aromatic rings. The second-order valence-corrected chi connectivity index (χ2v) is 6.16. The Kier molecular flexibility index (Phi) is 6.94. The van der Waals surface area contributed by atoms with Crippen LogP contribution in [0, 0.1) is 11.6 Å². The highest BCUT2D eigenvalue weighted by Gasteiger charge is 2.13. The van der Waals surface area contributed by atoms with Crippen LogP contribution in [0.15, 0.2) is 72.8 Å². The third kappa shape index (κ3) is 6.03. The molecule has 2 N–H and O–H groups in total. The molecule has 0 saturated heterocycles. The molecule has 2 amide bonds. The number of rotatable bonds is 7. The Morgan fingerprint density at radius 3 is 2.13 bits per heavy atom. The van der Waals surface area contributed by atoms with Gasteiger partial charge in [-0.05, 0) is 42.0 Å². The molecule has 0 heterocycles. The summed E-state index contributed by atoms with van der Waals surface area (Å²) < 4.78 is 37.4. The first kappa shape index (κ1) is 20.8. The number of amides is 2. The monoisotopic (exact) mass is 412 g/mol. The quantitative estimate of drug-likeness (QED) is 0.584. The van der Waals surface area contributed by atoms with Crippen LogP contribution in [0.25, 0.3) is 0 Å². The van der Waals surface area contributed by atoms with Crippen LogP contribution >= 0.6 is 0 Å². The molecule has 8 heteroatoms. The predicted octanol–water partition coefficient (Wildman–Crippen LogP) is 3.38. The molecule has 0 aliphatic rings. The highest BCUT2D eigenvalue weighted by Crippen LogP contribution is 2.18. The maximum Gasteiger partial charge on any atom is 0.276 e. The molecule has 3 aromatic carbocycles. The first-order chi connectivity index (χ1) is 14.5. The van der Waals surface area contributed by atoms with Gasteiger partial charge in [0.05, 0.1) is 5.56 Å². The molecular formula is C22H18F2N2O4. The lowest BCUT2D eigenvalue weighted by Gasteiger charge is -2.10. The van der Waals surface area contributed by atoms with Crippen LogP contribution in [0.3, 0.4) is 0 Å². The summed E-state index contributed by atoms with van der Waals surface area (Å²) in [5.74, 6) is -2.35. The van der Waals surface area contributed by atoms with Crippen molar-refractivity contribution in [2.45, 2.75) is 6.61 Å². The largest absolute Gasteiger partial charge is 0.489 e. The van der Waals surface area contributed by atoms with Crippen LogP contribution in [0.1, 0.15) is 15.9 Å². The third-order valence-corrected chi connectivity index (χ3v) is 3.93. The maximum atomic E-state index is 13.5. The Hall–Kier alpha value is -3.94. The number of carbonyl (C=O) groups excluding carboxylic acids is 2. The van der Waals surface area contributed by atoms with Crippen molar-refractivity contribution >= 4 is 11.8 Å². The number of hydrazine groups is 1. The normalized spacial score (nSPS) is 10.2. The third-order valence-electron chi connectivity index (χ3n) is 3.93. The van der Waals surface area contributed by atoms with E-state index >= 15 is 0 Å². The topological polar surface area (TPSA) is 76.7 Å². The van der Waals surface area contributed by atoms with Crippen LogP contribution < -0.4 is 20.3 Å². The first-order valence-corrected chi connectivity index (χ1v) is 8.95. The number of carbonyl (C=O) groups is 2. The van der Waals surface area contributed by atoms with E-state index in [-0.39, 0.29) is 6.61 Å². The van der Waals surface area contributed by atoms with Crippen molar-refractivity contribution in [2.24, 2.45) is 0 Å². The molecule has 0 unspecified atom stereocenters. The van der Waals surface area contributed by atoms with Gasteiger partial charge < -0.3 is 9.47 Å². The van der Waals surface area contributed by atoms with Gasteiger partial charge in [-0.25, -0.2) is 8.78 Å². The van der Waals surface area contributed by atoms with Gasteiger partial charge in [-0.1, -0.05) is 30.3 Å². The molecule has 0 saturated carbocycles. The van der Waals surface area contributed by atoms with Crippen molar-refractivity contribution in [3.05, 3.63) is 95.6 Å². The molecule has 154 valence electrons. The summed E-state index contributed by atoms with van der Waals surface area (Å²) in [5.41, 5.74) is 4.77. The lowest BCUT2D eigenvalue weighted by Crippen LogP contribution is -2.44. The van der Waals surface area contributed by atoms with Crippen molar-refractivity contribution in [3.63, 3.8) is 0 Å². The minimum absolute atomic E-state index is 0.379. The first-order valence-electron chi connectivity index (χ1n) is 8.95. The van der Waals surface area contributed by atoms with Crippen molar-refractivity contribution in [2.75, 3.05) is 6.61 Å². The van der Waals surface area contributed by atoms with E-state index in [4.69, 9.17) is 9.47 Å². The van der Waals surface area contributed by atoms with Gasteiger partial charge in [0.1, 0.15) is 29.7 Å². The van der Waals surface area contributed by atoms with Crippen LogP contribution in [0.2, 0.25) is 0 Å². The highest BCUT2D eigenvalue weighted by atomic mass is 19.1. The van der Waals surface area contributed by atoms with Crippen molar-refractivity contribution in [1.29, 1.82) is 0 Å². The fourth-order valence-corrected chi connectivity index (χ4v) is 2.43. The number of hydrogen-bond donors (Lipinski definition) is 2. The standard InChI is InChI=1S/C22H18F2N2O4/c23-16-6-11-19(20(24)12-16)22(28)26-25-21(27)14-30-18-9-7-17(8-10-18)29-13-15-4-2-1-3-5-15/h1-12H,13-14H2,(H,25,27)(H,26,28). The van der Waals surface area contributed by atoms with Crippen molar-refractivity contribution in [1.82, 2.24) is 10.9 Å². The predicted molar refractivity (Wildman–Crippen MR) is 105 cm³/mol. The molecular weight excluding hydrogens is 394 g/mol. The summed E-state index contributed by atoms with van der Waals surface area (Å²) in [6.45, 7) is 0.0498. The average molecular weight is 412 g/mol. The second kappa shape index (κ2) is 10.0. The average Bonchev–Trinajstić information content (AvgIpc) is 2.76. The van der Waals surface area contributed by atoms with E-state index in [2.05, 4.69) is 5.43 Å². The zero-order chi connectivity index (χ0) is 21.3. The highest BCUT2D eigenvalue weighted by molar-refractivity contribution is 5.95. The van der Waals surface area contributed by atoms with Gasteiger partial charge in [-0.15, -0.1) is 0 Å². The fraction of sp³-hybridized carbons (Fsp3) is 0.0909. The molecule has 0 aromatic heterocycles. The zero-order valence-electron chi connectivity index (χ0n) is 15.7. The number of nitrogens with one attached hydrogen (secondary N) is 2. The van der Waals surface area contributed by atoms with E-state index in [0.717, 1.165) is 17.7 Å². The fourth-order valence-electron chi connectivity index (χ4n) is 2.43. The summed E-state index contributed by atoms with van der Waals surface area (Å²) >= 11 is 0. The smallest absolute Gasteiger partial charge is 0.276 e. The maximum absolute atomic E-state index is 13.5. The van der Waals surface area contributed by atoms with E-state index in [9.17, 15) is 18.4 Å². The number of ether oxygens (including phenoxy) is 2. The molecule has 0 aliphatic carbocycles. The molecule has 30 heavy (non-hydrogen) atoms. The molecule has 0 aliphatic heterocycles. The van der Waals surface area contributed by atoms with E-state index in [1.54, 1.807) is 24.3 Å².